The van der Waals surface area contributed by atoms with Crippen LogP contribution in [0.1, 0.15) is 22.2 Å². The summed E-state index contributed by atoms with van der Waals surface area (Å²) in [7, 11) is 0. The summed E-state index contributed by atoms with van der Waals surface area (Å²) >= 11 is 11.1. The van der Waals surface area contributed by atoms with Gasteiger partial charge in [-0.25, -0.2) is 0 Å². The highest BCUT2D eigenvalue weighted by Gasteiger charge is 2.34. The highest BCUT2D eigenvalue weighted by molar-refractivity contribution is 9.10. The number of nitrogens with one attached hydrogen (secondary N) is 1. The molecule has 2 heterocycles. The molecule has 0 saturated carbocycles. The Morgan fingerprint density at radius 3 is 2.90 bits per heavy atom. The molecule has 0 bridgehead atoms. The predicted octanol–water partition coefficient (Wildman–Crippen LogP) is 4.47. The Morgan fingerprint density at radius 1 is 1.43 bits per heavy atom. The normalized spacial score (nSPS) is 14.7. The van der Waals surface area contributed by atoms with Gasteiger partial charge in [0.1, 0.15) is 6.61 Å². The van der Waals surface area contributed by atoms with Gasteiger partial charge in [-0.2, -0.15) is 5.01 Å². The number of amides is 2. The number of thiocarbonyl (C=S) groups is 1. The van der Waals surface area contributed by atoms with E-state index < -0.39 is 5.91 Å². The van der Waals surface area contributed by atoms with Gasteiger partial charge < -0.3 is 9.47 Å². The zero-order chi connectivity index (χ0) is 21.7. The quantitative estimate of drug-likeness (QED) is 0.328. The molecule has 0 atom stereocenters. The van der Waals surface area contributed by atoms with Crippen molar-refractivity contribution < 1.29 is 19.1 Å². The number of hydrogen-bond donors (Lipinski definition) is 1. The summed E-state index contributed by atoms with van der Waals surface area (Å²) in [6.45, 7) is 2.38. The minimum Gasteiger partial charge on any atom is -0.490 e. The third kappa shape index (κ3) is 5.05. The molecule has 1 fully saturated rings. The number of halogens is 1. The molecule has 1 aromatic heterocycles. The van der Waals surface area contributed by atoms with Crippen LogP contribution in [-0.2, 0) is 4.79 Å². The predicted molar refractivity (Wildman–Crippen MR) is 126 cm³/mol. The van der Waals surface area contributed by atoms with Crippen LogP contribution in [0.5, 0.6) is 11.5 Å². The first kappa shape index (κ1) is 22.4. The van der Waals surface area contributed by atoms with E-state index in [9.17, 15) is 9.59 Å². The lowest BCUT2D eigenvalue weighted by Gasteiger charge is -2.15. The summed E-state index contributed by atoms with van der Waals surface area (Å²) in [5.41, 5.74) is 3.25. The Labute approximate surface area is 195 Å². The van der Waals surface area contributed by atoms with Crippen molar-refractivity contribution in [1.82, 2.24) is 10.4 Å². The Hall–Kier alpha value is -2.32. The molecule has 154 valence electrons. The summed E-state index contributed by atoms with van der Waals surface area (Å²) in [4.78, 5) is 25.9. The molecule has 1 aliphatic rings. The number of rotatable bonds is 7. The van der Waals surface area contributed by atoms with Crippen LogP contribution >= 0.6 is 51.2 Å². The van der Waals surface area contributed by atoms with Gasteiger partial charge >= 0.3 is 0 Å². The molecule has 2 amide bonds. The molecule has 1 aliphatic heterocycles. The highest BCUT2D eigenvalue weighted by atomic mass is 79.9. The second-order valence-corrected chi connectivity index (χ2v) is 9.17. The molecule has 10 heteroatoms. The molecule has 0 unspecified atom stereocenters. The maximum atomic E-state index is 12.8. The SMILES string of the molecule is C#CCOc1c(Br)cc(/C=C2\SC(=S)N(NC(=O)c3cccs3)C2=O)cc1OCC. The molecule has 30 heavy (non-hydrogen) atoms. The average Bonchev–Trinajstić information content (AvgIpc) is 3.33. The second-order valence-electron chi connectivity index (χ2n) is 5.69. The standard InChI is InChI=1S/C20H15BrN2O4S3/c1-3-7-27-17-13(21)9-12(10-14(17)26-4-2)11-16-19(25)23(20(28)30-16)22-18(24)15-6-5-8-29-15/h1,5-6,8-11H,4,7H2,2H3,(H,22,24)/b16-11-. The number of thiophene rings is 1. The van der Waals surface area contributed by atoms with Crippen molar-refractivity contribution in [2.75, 3.05) is 13.2 Å². The number of hydrazine groups is 1. The Morgan fingerprint density at radius 2 is 2.23 bits per heavy atom. The van der Waals surface area contributed by atoms with Crippen LogP contribution in [0.4, 0.5) is 0 Å². The van der Waals surface area contributed by atoms with Crippen LogP contribution in [0.2, 0.25) is 0 Å². The van der Waals surface area contributed by atoms with Crippen LogP contribution in [0.3, 0.4) is 0 Å². The van der Waals surface area contributed by atoms with Crippen LogP contribution in [0.25, 0.3) is 6.08 Å². The first-order valence-corrected chi connectivity index (χ1v) is 11.5. The molecule has 1 saturated heterocycles. The second kappa shape index (κ2) is 10.1. The third-order valence-electron chi connectivity index (χ3n) is 3.68. The Bertz CT molecular complexity index is 1060. The van der Waals surface area contributed by atoms with Crippen molar-refractivity contribution in [2.24, 2.45) is 0 Å². The molecule has 1 aromatic carbocycles. The molecule has 6 nitrogen and oxygen atoms in total. The van der Waals surface area contributed by atoms with E-state index in [1.54, 1.807) is 35.7 Å². The lowest BCUT2D eigenvalue weighted by molar-refractivity contribution is -0.123. The highest BCUT2D eigenvalue weighted by Crippen LogP contribution is 2.39. The van der Waals surface area contributed by atoms with Crippen molar-refractivity contribution >= 4 is 73.5 Å². The van der Waals surface area contributed by atoms with Gasteiger partial charge in [-0.3, -0.25) is 15.0 Å². The van der Waals surface area contributed by atoms with Crippen molar-refractivity contribution in [3.63, 3.8) is 0 Å². The Kier molecular flexibility index (Phi) is 7.55. The molecule has 2 aromatic rings. The van der Waals surface area contributed by atoms with Crippen molar-refractivity contribution in [3.05, 3.63) is 49.5 Å². The number of carbonyl (C=O) groups excluding carboxylic acids is 2. The van der Waals surface area contributed by atoms with Crippen LogP contribution in [0.15, 0.2) is 39.0 Å². The van der Waals surface area contributed by atoms with Gasteiger partial charge in [0.2, 0.25) is 0 Å². The van der Waals surface area contributed by atoms with E-state index in [1.165, 1.54) is 11.3 Å². The third-order valence-corrected chi connectivity index (χ3v) is 6.44. The summed E-state index contributed by atoms with van der Waals surface area (Å²) in [5.74, 6) is 2.60. The number of benzene rings is 1. The zero-order valence-corrected chi connectivity index (χ0v) is 19.7. The topological polar surface area (TPSA) is 67.9 Å². The molecular weight excluding hydrogens is 508 g/mol. The van der Waals surface area contributed by atoms with Gasteiger partial charge in [-0.05, 0) is 70.3 Å². The van der Waals surface area contributed by atoms with E-state index in [1.807, 2.05) is 6.92 Å². The van der Waals surface area contributed by atoms with Crippen molar-refractivity contribution in [2.45, 2.75) is 6.92 Å². The van der Waals surface area contributed by atoms with Gasteiger partial charge in [0.15, 0.2) is 15.8 Å². The van der Waals surface area contributed by atoms with Gasteiger partial charge in [0.25, 0.3) is 11.8 Å². The van der Waals surface area contributed by atoms with Gasteiger partial charge in [0.05, 0.1) is 20.9 Å². The number of nitrogens with zero attached hydrogens (tertiary/aromatic N) is 1. The molecule has 0 spiro atoms. The van der Waals surface area contributed by atoms with Crippen LogP contribution < -0.4 is 14.9 Å². The molecule has 1 N–H and O–H groups in total. The molecule has 0 radical (unpaired) electrons. The average molecular weight is 523 g/mol. The fourth-order valence-electron chi connectivity index (χ4n) is 2.47. The minimum absolute atomic E-state index is 0.0978. The van der Waals surface area contributed by atoms with Crippen molar-refractivity contribution in [1.29, 1.82) is 0 Å². The first-order valence-electron chi connectivity index (χ1n) is 8.59. The fourth-order valence-corrected chi connectivity index (χ4v) is 4.84. The summed E-state index contributed by atoms with van der Waals surface area (Å²) in [6, 6.07) is 6.96. The zero-order valence-electron chi connectivity index (χ0n) is 15.6. The maximum Gasteiger partial charge on any atom is 0.285 e. The lowest BCUT2D eigenvalue weighted by Crippen LogP contribution is -2.44. The van der Waals surface area contributed by atoms with E-state index in [-0.39, 0.29) is 16.8 Å². The minimum atomic E-state index is -0.406. The largest absolute Gasteiger partial charge is 0.490 e. The van der Waals surface area contributed by atoms with E-state index in [0.29, 0.717) is 37.9 Å². The molecular formula is C20H15BrN2O4S3. The fraction of sp³-hybridized carbons (Fsp3) is 0.150. The van der Waals surface area contributed by atoms with Gasteiger partial charge in [0, 0.05) is 0 Å². The monoisotopic (exact) mass is 522 g/mol. The van der Waals surface area contributed by atoms with Crippen LogP contribution in [0, 0.1) is 12.3 Å². The van der Waals surface area contributed by atoms with Gasteiger partial charge in [-0.1, -0.05) is 23.7 Å². The summed E-state index contributed by atoms with van der Waals surface area (Å²) in [5, 5.41) is 2.86. The van der Waals surface area contributed by atoms with E-state index in [2.05, 4.69) is 27.3 Å². The van der Waals surface area contributed by atoms with Gasteiger partial charge in [-0.15, -0.1) is 17.8 Å². The number of terminal acetylenes is 1. The first-order chi connectivity index (χ1) is 14.4. The van der Waals surface area contributed by atoms with E-state index >= 15 is 0 Å². The summed E-state index contributed by atoms with van der Waals surface area (Å²) < 4.78 is 12.1. The van der Waals surface area contributed by atoms with Crippen LogP contribution in [-0.4, -0.2) is 34.4 Å². The molecule has 0 aliphatic carbocycles. The smallest absolute Gasteiger partial charge is 0.285 e. The number of thioether (sulfide) groups is 1. The lowest BCUT2D eigenvalue weighted by atomic mass is 10.2. The van der Waals surface area contributed by atoms with E-state index in [4.69, 9.17) is 28.1 Å². The molecule has 3 rings (SSSR count). The number of hydrogen-bond acceptors (Lipinski definition) is 7. The van der Waals surface area contributed by atoms with Crippen molar-refractivity contribution in [3.8, 4) is 23.8 Å². The summed E-state index contributed by atoms with van der Waals surface area (Å²) in [6.07, 6.45) is 6.94. The maximum absolute atomic E-state index is 12.8. The Balaban J connectivity index is 1.84. The van der Waals surface area contributed by atoms with E-state index in [0.717, 1.165) is 16.8 Å². The number of ether oxygens (including phenoxy) is 2. The number of carbonyl (C=O) groups is 2.